The number of hydrogen-bond donors (Lipinski definition) is 0. The van der Waals surface area contributed by atoms with Gasteiger partial charge in [-0.05, 0) is 30.5 Å². The first-order valence-corrected chi connectivity index (χ1v) is 5.32. The van der Waals surface area contributed by atoms with Gasteiger partial charge in [-0.2, -0.15) is 0 Å². The van der Waals surface area contributed by atoms with Gasteiger partial charge >= 0.3 is 0 Å². The monoisotopic (exact) mass is 197 g/mol. The zero-order valence-corrected chi connectivity index (χ0v) is 9.20. The van der Waals surface area contributed by atoms with E-state index in [4.69, 9.17) is 0 Å². The quantitative estimate of drug-likeness (QED) is 0.716. The van der Waals surface area contributed by atoms with E-state index in [0.29, 0.717) is 0 Å². The maximum atomic E-state index is 4.43. The third-order valence-corrected chi connectivity index (χ3v) is 2.64. The van der Waals surface area contributed by atoms with Crippen molar-refractivity contribution < 1.29 is 0 Å². The van der Waals surface area contributed by atoms with Crippen LogP contribution in [0.25, 0.3) is 11.1 Å². The topological polar surface area (TPSA) is 12.9 Å². The van der Waals surface area contributed by atoms with E-state index in [1.54, 1.807) is 0 Å². The smallest absolute Gasteiger partial charge is 0.0451 e. The Morgan fingerprint density at radius 1 is 1.13 bits per heavy atom. The Balaban J connectivity index is 2.52. The van der Waals surface area contributed by atoms with Crippen molar-refractivity contribution in [1.82, 2.24) is 4.98 Å². The zero-order chi connectivity index (χ0) is 10.7. The Morgan fingerprint density at radius 2 is 1.87 bits per heavy atom. The van der Waals surface area contributed by atoms with Crippen molar-refractivity contribution in [3.63, 3.8) is 0 Å². The molecule has 15 heavy (non-hydrogen) atoms. The predicted octanol–water partition coefficient (Wildman–Crippen LogP) is 3.62. The Labute approximate surface area is 90.8 Å². The average molecular weight is 197 g/mol. The molecule has 2 rings (SSSR count). The molecular formula is C14H15N. The van der Waals surface area contributed by atoms with Gasteiger partial charge < -0.3 is 0 Å². The van der Waals surface area contributed by atoms with Crippen molar-refractivity contribution in [2.45, 2.75) is 20.3 Å². The Morgan fingerprint density at radius 3 is 2.53 bits per heavy atom. The number of benzene rings is 1. The lowest BCUT2D eigenvalue weighted by atomic mass is 10.0. The summed E-state index contributed by atoms with van der Waals surface area (Å²) in [5.74, 6) is 0. The van der Waals surface area contributed by atoms with Crippen molar-refractivity contribution >= 4 is 0 Å². The van der Waals surface area contributed by atoms with Gasteiger partial charge in [-0.1, -0.05) is 37.3 Å². The number of aryl methyl sites for hydroxylation is 2. The summed E-state index contributed by atoms with van der Waals surface area (Å²) in [6.45, 7) is 4.21. The molecule has 0 aliphatic heterocycles. The van der Waals surface area contributed by atoms with Crippen LogP contribution in [-0.4, -0.2) is 4.98 Å². The van der Waals surface area contributed by atoms with E-state index in [1.807, 2.05) is 12.3 Å². The molecule has 0 N–H and O–H groups in total. The summed E-state index contributed by atoms with van der Waals surface area (Å²) >= 11 is 0. The van der Waals surface area contributed by atoms with Crippen LogP contribution in [0.4, 0.5) is 0 Å². The van der Waals surface area contributed by atoms with Crippen LogP contribution in [0.15, 0.2) is 42.6 Å². The van der Waals surface area contributed by atoms with Crippen LogP contribution in [0.3, 0.4) is 0 Å². The molecule has 76 valence electrons. The second-order valence-electron chi connectivity index (χ2n) is 3.70. The van der Waals surface area contributed by atoms with Gasteiger partial charge in [0.1, 0.15) is 0 Å². The molecule has 0 radical (unpaired) electrons. The maximum Gasteiger partial charge on any atom is 0.0451 e. The molecule has 2 aromatic rings. The first-order valence-electron chi connectivity index (χ1n) is 5.32. The number of pyridine rings is 1. The van der Waals surface area contributed by atoms with Crippen LogP contribution in [0.5, 0.6) is 0 Å². The number of hydrogen-bond acceptors (Lipinski definition) is 1. The fraction of sp³-hybridized carbons (Fsp3) is 0.214. The van der Waals surface area contributed by atoms with E-state index in [9.17, 15) is 0 Å². The molecule has 1 nitrogen and oxygen atoms in total. The summed E-state index contributed by atoms with van der Waals surface area (Å²) in [7, 11) is 0. The highest BCUT2D eigenvalue weighted by molar-refractivity contribution is 5.66. The molecule has 0 aliphatic carbocycles. The molecule has 1 heteroatoms. The molecule has 0 fully saturated rings. The third kappa shape index (κ3) is 2.07. The number of rotatable bonds is 2. The van der Waals surface area contributed by atoms with E-state index in [0.717, 1.165) is 12.1 Å². The second-order valence-corrected chi connectivity index (χ2v) is 3.70. The maximum absolute atomic E-state index is 4.43. The van der Waals surface area contributed by atoms with E-state index in [1.165, 1.54) is 16.7 Å². The number of aromatic nitrogens is 1. The first kappa shape index (κ1) is 9.91. The van der Waals surface area contributed by atoms with Crippen LogP contribution in [-0.2, 0) is 6.42 Å². The van der Waals surface area contributed by atoms with Gasteiger partial charge in [0.2, 0.25) is 0 Å². The summed E-state index contributed by atoms with van der Waals surface area (Å²) in [5.41, 5.74) is 4.88. The molecule has 0 saturated heterocycles. The van der Waals surface area contributed by atoms with Crippen LogP contribution in [0, 0.1) is 6.92 Å². The number of nitrogens with zero attached hydrogens (tertiary/aromatic N) is 1. The van der Waals surface area contributed by atoms with Gasteiger partial charge in [-0.3, -0.25) is 4.98 Å². The molecule has 1 heterocycles. The Kier molecular flexibility index (Phi) is 2.82. The Hall–Kier alpha value is -1.63. The molecule has 0 saturated carbocycles. The molecule has 0 amide bonds. The van der Waals surface area contributed by atoms with Gasteiger partial charge in [0.15, 0.2) is 0 Å². The highest BCUT2D eigenvalue weighted by Gasteiger charge is 2.02. The summed E-state index contributed by atoms with van der Waals surface area (Å²) in [4.78, 5) is 4.43. The van der Waals surface area contributed by atoms with Crippen molar-refractivity contribution in [2.75, 3.05) is 0 Å². The Bertz CT molecular complexity index is 446. The first-order chi connectivity index (χ1) is 7.31. The van der Waals surface area contributed by atoms with Crippen molar-refractivity contribution in [3.05, 3.63) is 53.9 Å². The van der Waals surface area contributed by atoms with E-state index in [-0.39, 0.29) is 0 Å². The lowest BCUT2D eigenvalue weighted by Gasteiger charge is -2.06. The molecule has 1 aromatic heterocycles. The van der Waals surface area contributed by atoms with E-state index >= 15 is 0 Å². The molecule has 0 aliphatic rings. The normalized spacial score (nSPS) is 10.3. The zero-order valence-electron chi connectivity index (χ0n) is 9.20. The fourth-order valence-corrected chi connectivity index (χ4v) is 1.68. The van der Waals surface area contributed by atoms with Gasteiger partial charge in [-0.25, -0.2) is 0 Å². The van der Waals surface area contributed by atoms with Gasteiger partial charge in [0.25, 0.3) is 0 Å². The lowest BCUT2D eigenvalue weighted by Crippen LogP contribution is -1.90. The fourth-order valence-electron chi connectivity index (χ4n) is 1.68. The van der Waals surface area contributed by atoms with Gasteiger partial charge in [0.05, 0.1) is 0 Å². The SMILES string of the molecule is CCc1cnc(C)c(-c2ccccc2)c1. The summed E-state index contributed by atoms with van der Waals surface area (Å²) in [6, 6.07) is 12.7. The molecule has 0 unspecified atom stereocenters. The van der Waals surface area contributed by atoms with Crippen molar-refractivity contribution in [1.29, 1.82) is 0 Å². The molecular weight excluding hydrogens is 182 g/mol. The minimum Gasteiger partial charge on any atom is -0.261 e. The van der Waals surface area contributed by atoms with Crippen LogP contribution in [0.1, 0.15) is 18.2 Å². The molecule has 0 atom stereocenters. The van der Waals surface area contributed by atoms with E-state index in [2.05, 4.69) is 49.2 Å². The average Bonchev–Trinajstić information content (AvgIpc) is 2.31. The van der Waals surface area contributed by atoms with Crippen LogP contribution < -0.4 is 0 Å². The van der Waals surface area contributed by atoms with Crippen LogP contribution >= 0.6 is 0 Å². The van der Waals surface area contributed by atoms with E-state index < -0.39 is 0 Å². The summed E-state index contributed by atoms with van der Waals surface area (Å²) < 4.78 is 0. The van der Waals surface area contributed by atoms with Crippen molar-refractivity contribution in [2.24, 2.45) is 0 Å². The lowest BCUT2D eigenvalue weighted by molar-refractivity contribution is 1.08. The third-order valence-electron chi connectivity index (χ3n) is 2.64. The van der Waals surface area contributed by atoms with Crippen molar-refractivity contribution in [3.8, 4) is 11.1 Å². The minimum absolute atomic E-state index is 1.03. The predicted molar refractivity (Wildman–Crippen MR) is 63.8 cm³/mol. The van der Waals surface area contributed by atoms with Gasteiger partial charge in [-0.15, -0.1) is 0 Å². The highest BCUT2D eigenvalue weighted by atomic mass is 14.7. The molecule has 1 aromatic carbocycles. The van der Waals surface area contributed by atoms with Gasteiger partial charge in [0, 0.05) is 17.5 Å². The summed E-state index contributed by atoms with van der Waals surface area (Å²) in [5, 5.41) is 0. The van der Waals surface area contributed by atoms with Crippen LogP contribution in [0.2, 0.25) is 0 Å². The molecule has 0 bridgehead atoms. The highest BCUT2D eigenvalue weighted by Crippen LogP contribution is 2.22. The second kappa shape index (κ2) is 4.26. The molecule has 0 spiro atoms. The minimum atomic E-state index is 1.03. The summed E-state index contributed by atoms with van der Waals surface area (Å²) in [6.07, 6.45) is 2.99. The standard InChI is InChI=1S/C14H15N/c1-3-12-9-14(11(2)15-10-12)13-7-5-4-6-8-13/h4-10H,3H2,1-2H3. The largest absolute Gasteiger partial charge is 0.261 e.